The summed E-state index contributed by atoms with van der Waals surface area (Å²) in [6.45, 7) is 6.61. The number of methoxy groups -OCH3 is 1. The molecule has 216 valence electrons. The smallest absolute Gasteiger partial charge is 0.550 e. The Morgan fingerprint density at radius 1 is 1.02 bits per heavy atom. The minimum absolute atomic E-state index is 0. The summed E-state index contributed by atoms with van der Waals surface area (Å²) >= 11 is 0. The minimum Gasteiger partial charge on any atom is -0.550 e. The number of aromatic hydroxyl groups is 1. The molecule has 0 heterocycles. The van der Waals surface area contributed by atoms with Gasteiger partial charge in [-0.1, -0.05) is 6.92 Å². The van der Waals surface area contributed by atoms with E-state index < -0.39 is 40.6 Å². The molecule has 0 aliphatic rings. The topological polar surface area (TPSA) is 175 Å². The zero-order valence-corrected chi connectivity index (χ0v) is 26.3. The Bertz CT molecular complexity index is 1020. The van der Waals surface area contributed by atoms with Gasteiger partial charge in [-0.25, -0.2) is 0 Å². The maximum absolute atomic E-state index is 13.0. The van der Waals surface area contributed by atoms with Crippen LogP contribution in [0.15, 0.2) is 24.3 Å². The summed E-state index contributed by atoms with van der Waals surface area (Å²) in [6.07, 6.45) is 0.432. The number of rotatable bonds is 17. The minimum atomic E-state index is -1.24. The van der Waals surface area contributed by atoms with E-state index in [0.29, 0.717) is 12.1 Å². The molecular weight excluding hydrogens is 531 g/mol. The molecule has 2 N–H and O–H groups in total. The Hall–Kier alpha value is -2.65. The molecule has 0 fully saturated rings. The molecule has 0 bridgehead atoms. The number of carboxylic acid groups (broad SMARTS) is 1. The number of esters is 2. The fourth-order valence-electron chi connectivity index (χ4n) is 4.30. The number of anilines is 1. The van der Waals surface area contributed by atoms with Gasteiger partial charge in [0.15, 0.2) is 0 Å². The van der Waals surface area contributed by atoms with Crippen LogP contribution < -0.4 is 40.0 Å². The first-order valence-electron chi connectivity index (χ1n) is 12.8. The molecule has 3 atom stereocenters. The van der Waals surface area contributed by atoms with Crippen LogP contribution in [-0.4, -0.2) is 55.9 Å². The Morgan fingerprint density at radius 3 is 2.17 bits per heavy atom. The normalized spacial score (nSPS) is 13.9. The van der Waals surface area contributed by atoms with Crippen molar-refractivity contribution in [2.24, 2.45) is 22.7 Å². The van der Waals surface area contributed by atoms with Gasteiger partial charge in [-0.15, -0.1) is 0 Å². The van der Waals surface area contributed by atoms with Gasteiger partial charge < -0.3 is 34.5 Å². The molecule has 11 nitrogen and oxygen atoms in total. The van der Waals surface area contributed by atoms with Crippen molar-refractivity contribution in [3.8, 4) is 11.8 Å². The van der Waals surface area contributed by atoms with Gasteiger partial charge in [-0.3, -0.25) is 14.4 Å². The molecule has 0 saturated carbocycles. The largest absolute Gasteiger partial charge is 1.00 e. The fourth-order valence-corrected chi connectivity index (χ4v) is 4.30. The maximum atomic E-state index is 13.0. The van der Waals surface area contributed by atoms with Gasteiger partial charge in [-0.2, -0.15) is 5.26 Å². The van der Waals surface area contributed by atoms with Crippen LogP contribution in [0.2, 0.25) is 0 Å². The molecule has 1 rings (SSSR count). The molecule has 0 aromatic heterocycles. The van der Waals surface area contributed by atoms with Crippen molar-refractivity contribution in [2.45, 2.75) is 59.8 Å². The third kappa shape index (κ3) is 12.7. The molecule has 0 aliphatic carbocycles. The predicted molar refractivity (Wildman–Crippen MR) is 139 cm³/mol. The molecule has 0 spiro atoms. The predicted octanol–water partition coefficient (Wildman–Crippen LogP) is -0.424. The maximum Gasteiger partial charge on any atom is 1.00 e. The molecule has 0 aliphatic heterocycles. The zero-order valence-electron chi connectivity index (χ0n) is 24.3. The van der Waals surface area contributed by atoms with Crippen molar-refractivity contribution < 1.29 is 73.2 Å². The third-order valence-corrected chi connectivity index (χ3v) is 6.47. The van der Waals surface area contributed by atoms with Crippen LogP contribution in [0.4, 0.5) is 5.69 Å². The van der Waals surface area contributed by atoms with Crippen LogP contribution >= 0.6 is 0 Å². The summed E-state index contributed by atoms with van der Waals surface area (Å²) in [5, 5.41) is 32.5. The van der Waals surface area contributed by atoms with Crippen molar-refractivity contribution in [1.29, 1.82) is 5.26 Å². The molecule has 12 heteroatoms. The molecule has 0 saturated heterocycles. The summed E-state index contributed by atoms with van der Waals surface area (Å²) in [4.78, 5) is 49.0. The van der Waals surface area contributed by atoms with Gasteiger partial charge in [0.05, 0.1) is 37.2 Å². The first-order chi connectivity index (χ1) is 18.3. The van der Waals surface area contributed by atoms with Crippen LogP contribution in [-0.2, 0) is 33.4 Å². The number of ether oxygens (including phenoxy) is 3. The quantitative estimate of drug-likeness (QED) is 0.108. The second-order valence-electron chi connectivity index (χ2n) is 10.4. The van der Waals surface area contributed by atoms with Crippen molar-refractivity contribution in [3.63, 3.8) is 0 Å². The number of carbonyl (C=O) groups is 4. The summed E-state index contributed by atoms with van der Waals surface area (Å²) in [6, 6.07) is 8.20. The molecule has 1 aromatic rings. The molecule has 0 radical (unpaired) electrons. The van der Waals surface area contributed by atoms with Crippen LogP contribution in [0.5, 0.6) is 5.75 Å². The summed E-state index contributed by atoms with van der Waals surface area (Å²) < 4.78 is 15.4. The summed E-state index contributed by atoms with van der Waals surface area (Å²) in [5.74, 6) is -3.91. The van der Waals surface area contributed by atoms with Gasteiger partial charge in [-0.05, 0) is 70.7 Å². The number of hydrogen-bond donors (Lipinski definition) is 2. The van der Waals surface area contributed by atoms with E-state index in [9.17, 15) is 34.7 Å². The number of nitrogens with one attached hydrogen (secondary N) is 1. The van der Waals surface area contributed by atoms with E-state index in [1.165, 1.54) is 19.2 Å². The number of nitriles is 1. The van der Waals surface area contributed by atoms with Gasteiger partial charge >= 0.3 is 41.5 Å². The second kappa shape index (κ2) is 17.9. The van der Waals surface area contributed by atoms with Crippen LogP contribution in [0.1, 0.15) is 59.8 Å². The van der Waals surface area contributed by atoms with Gasteiger partial charge in [0.25, 0.3) is 0 Å². The van der Waals surface area contributed by atoms with Crippen molar-refractivity contribution in [1.82, 2.24) is 0 Å². The van der Waals surface area contributed by atoms with E-state index in [4.69, 9.17) is 14.2 Å². The average Bonchev–Trinajstić information content (AvgIpc) is 2.89. The van der Waals surface area contributed by atoms with E-state index in [-0.39, 0.29) is 86.7 Å². The third-order valence-electron chi connectivity index (χ3n) is 6.47. The number of carboxylic acids is 1. The average molecular weight is 571 g/mol. The van der Waals surface area contributed by atoms with Gasteiger partial charge in [0, 0.05) is 29.9 Å². The number of phenols is 1. The van der Waals surface area contributed by atoms with Gasteiger partial charge in [0.1, 0.15) is 12.4 Å². The SMILES string of the molecule is CCC(CC(C)(CC(C#N)CC(C)(C)C(=O)OCCOCCC(=O)[O-])C(=O)OC)C(=O)Nc1ccc(O)cc1.[Na+]. The Labute approximate surface area is 257 Å². The van der Waals surface area contributed by atoms with Crippen molar-refractivity contribution >= 4 is 29.5 Å². The molecule has 1 amide bonds. The standard InChI is InChI=1S/C28H40N2O9.Na/c1-6-20(24(34)30-21-7-9-22(31)10-8-21)17-28(4,26(36)37-5)16-19(18-29)15-27(2,3)25(35)39-14-13-38-12-11-23(32)33;/h7-10,19-20,31H,6,11-17H2,1-5H3,(H,30,34)(H,32,33);/q;+1/p-1. The first kappa shape index (κ1) is 37.4. The number of nitrogens with zero attached hydrogens (tertiary/aromatic N) is 1. The molecule has 40 heavy (non-hydrogen) atoms. The Morgan fingerprint density at radius 2 is 1.65 bits per heavy atom. The van der Waals surface area contributed by atoms with E-state index in [2.05, 4.69) is 11.4 Å². The number of hydrogen-bond acceptors (Lipinski definition) is 10. The Balaban J connectivity index is 0.0000152. The number of benzene rings is 1. The van der Waals surface area contributed by atoms with E-state index >= 15 is 0 Å². The van der Waals surface area contributed by atoms with Crippen LogP contribution in [0.3, 0.4) is 0 Å². The number of phenolic OH excluding ortho intramolecular Hbond substituents is 1. The monoisotopic (exact) mass is 570 g/mol. The molecule has 1 aromatic carbocycles. The van der Waals surface area contributed by atoms with E-state index in [0.717, 1.165) is 0 Å². The molecule has 3 unspecified atom stereocenters. The molecular formula is C28H39N2NaO9. The summed E-state index contributed by atoms with van der Waals surface area (Å²) in [5.41, 5.74) is -1.76. The number of amides is 1. The van der Waals surface area contributed by atoms with E-state index in [1.54, 1.807) is 32.9 Å². The van der Waals surface area contributed by atoms with Crippen LogP contribution in [0, 0.1) is 34.0 Å². The Kier molecular flexibility index (Phi) is 16.7. The van der Waals surface area contributed by atoms with Crippen molar-refractivity contribution in [2.75, 3.05) is 32.2 Å². The van der Waals surface area contributed by atoms with E-state index in [1.807, 2.05) is 6.92 Å². The van der Waals surface area contributed by atoms with Crippen LogP contribution in [0.25, 0.3) is 0 Å². The fraction of sp³-hybridized carbons (Fsp3) is 0.607. The zero-order chi connectivity index (χ0) is 29.6. The summed E-state index contributed by atoms with van der Waals surface area (Å²) in [7, 11) is 1.25. The number of carbonyl (C=O) groups excluding carboxylic acids is 4. The van der Waals surface area contributed by atoms with Crippen molar-refractivity contribution in [3.05, 3.63) is 24.3 Å². The number of aliphatic carboxylic acids is 1. The second-order valence-corrected chi connectivity index (χ2v) is 10.4. The van der Waals surface area contributed by atoms with Gasteiger partial charge in [0.2, 0.25) is 5.91 Å². The first-order valence-corrected chi connectivity index (χ1v) is 12.8.